The lowest BCUT2D eigenvalue weighted by Gasteiger charge is -2.10. The van der Waals surface area contributed by atoms with Gasteiger partial charge in [-0.15, -0.1) is 0 Å². The number of halogens is 1. The Labute approximate surface area is 134 Å². The summed E-state index contributed by atoms with van der Waals surface area (Å²) in [5, 5.41) is 5.93. The van der Waals surface area contributed by atoms with E-state index < -0.39 is 0 Å². The van der Waals surface area contributed by atoms with Crippen LogP contribution < -0.4 is 10.6 Å². The minimum atomic E-state index is -0.313. The zero-order valence-electron chi connectivity index (χ0n) is 12.4. The normalized spacial score (nSPS) is 10.4. The lowest BCUT2D eigenvalue weighted by atomic mass is 10.1. The van der Waals surface area contributed by atoms with Gasteiger partial charge in [0, 0.05) is 17.3 Å². The summed E-state index contributed by atoms with van der Waals surface area (Å²) in [7, 11) is 0. The van der Waals surface area contributed by atoms with Gasteiger partial charge in [0.25, 0.3) is 11.8 Å². The van der Waals surface area contributed by atoms with Crippen molar-refractivity contribution in [2.45, 2.75) is 19.9 Å². The van der Waals surface area contributed by atoms with Crippen LogP contribution in [0.25, 0.3) is 0 Å². The molecule has 0 fully saturated rings. The molecular weight excluding hydrogens is 300 g/mol. The van der Waals surface area contributed by atoms with Crippen molar-refractivity contribution in [3.63, 3.8) is 0 Å². The number of carbonyl (C=O) groups is 2. The van der Waals surface area contributed by atoms with Gasteiger partial charge in [0.1, 0.15) is 0 Å². The second-order valence-electron chi connectivity index (χ2n) is 5.14. The molecule has 0 saturated heterocycles. The highest BCUT2D eigenvalue weighted by molar-refractivity contribution is 6.34. The van der Waals surface area contributed by atoms with Crippen molar-refractivity contribution < 1.29 is 9.59 Å². The SMILES string of the molecule is CC(C)NC(=O)c1cccc(NC(=O)c2ccccc2Cl)c1. The molecule has 0 unspecified atom stereocenters. The predicted molar refractivity (Wildman–Crippen MR) is 88.4 cm³/mol. The van der Waals surface area contributed by atoms with Crippen LogP contribution in [-0.2, 0) is 0 Å². The van der Waals surface area contributed by atoms with E-state index in [1.807, 2.05) is 13.8 Å². The molecule has 2 N–H and O–H groups in total. The fraction of sp³-hybridized carbons (Fsp3) is 0.176. The summed E-state index contributed by atoms with van der Waals surface area (Å²) in [5.41, 5.74) is 1.42. The molecule has 5 heteroatoms. The molecule has 0 aromatic heterocycles. The van der Waals surface area contributed by atoms with E-state index in [9.17, 15) is 9.59 Å². The summed E-state index contributed by atoms with van der Waals surface area (Å²) < 4.78 is 0. The third-order valence-corrected chi connectivity index (χ3v) is 3.25. The van der Waals surface area contributed by atoms with Gasteiger partial charge in [-0.2, -0.15) is 0 Å². The Bertz CT molecular complexity index is 699. The maximum atomic E-state index is 12.2. The van der Waals surface area contributed by atoms with E-state index in [-0.39, 0.29) is 17.9 Å². The molecule has 2 aromatic rings. The molecule has 0 saturated carbocycles. The molecule has 0 atom stereocenters. The van der Waals surface area contributed by atoms with E-state index >= 15 is 0 Å². The summed E-state index contributed by atoms with van der Waals surface area (Å²) in [6, 6.07) is 13.6. The second kappa shape index (κ2) is 7.09. The van der Waals surface area contributed by atoms with Crippen molar-refractivity contribution in [3.05, 3.63) is 64.7 Å². The summed E-state index contributed by atoms with van der Waals surface area (Å²) in [6.45, 7) is 3.78. The lowest BCUT2D eigenvalue weighted by Crippen LogP contribution is -2.30. The topological polar surface area (TPSA) is 58.2 Å². The van der Waals surface area contributed by atoms with Crippen molar-refractivity contribution >= 4 is 29.1 Å². The van der Waals surface area contributed by atoms with Gasteiger partial charge >= 0.3 is 0 Å². The molecule has 0 aliphatic rings. The first-order chi connectivity index (χ1) is 10.5. The lowest BCUT2D eigenvalue weighted by molar-refractivity contribution is 0.0942. The molecule has 22 heavy (non-hydrogen) atoms. The van der Waals surface area contributed by atoms with Crippen molar-refractivity contribution in [1.82, 2.24) is 5.32 Å². The Kier molecular flexibility index (Phi) is 5.17. The minimum Gasteiger partial charge on any atom is -0.350 e. The third-order valence-electron chi connectivity index (χ3n) is 2.92. The molecule has 0 radical (unpaired) electrons. The summed E-state index contributed by atoms with van der Waals surface area (Å²) in [6.07, 6.45) is 0. The summed E-state index contributed by atoms with van der Waals surface area (Å²) in [4.78, 5) is 24.2. The first-order valence-corrected chi connectivity index (χ1v) is 7.32. The van der Waals surface area contributed by atoms with Crippen molar-refractivity contribution in [2.24, 2.45) is 0 Å². The van der Waals surface area contributed by atoms with Crippen LogP contribution in [0.5, 0.6) is 0 Å². The zero-order valence-corrected chi connectivity index (χ0v) is 13.1. The van der Waals surface area contributed by atoms with Crippen LogP contribution >= 0.6 is 11.6 Å². The predicted octanol–water partition coefficient (Wildman–Crippen LogP) is 3.73. The highest BCUT2D eigenvalue weighted by Gasteiger charge is 2.11. The van der Waals surface area contributed by atoms with Gasteiger partial charge in [0.05, 0.1) is 10.6 Å². The fourth-order valence-corrected chi connectivity index (χ4v) is 2.15. The van der Waals surface area contributed by atoms with E-state index in [1.165, 1.54) is 0 Å². The standard InChI is InChI=1S/C17H17ClN2O2/c1-11(2)19-16(21)12-6-5-7-13(10-12)20-17(22)14-8-3-4-9-15(14)18/h3-11H,1-2H3,(H,19,21)(H,20,22). The number of hydrogen-bond acceptors (Lipinski definition) is 2. The van der Waals surface area contributed by atoms with Crippen LogP contribution in [0.4, 0.5) is 5.69 Å². The Morgan fingerprint density at radius 3 is 2.41 bits per heavy atom. The number of amides is 2. The van der Waals surface area contributed by atoms with Crippen molar-refractivity contribution in [2.75, 3.05) is 5.32 Å². The van der Waals surface area contributed by atoms with Crippen LogP contribution in [-0.4, -0.2) is 17.9 Å². The Morgan fingerprint density at radius 1 is 1.00 bits per heavy atom. The van der Waals surface area contributed by atoms with E-state index in [1.54, 1.807) is 48.5 Å². The molecule has 2 aromatic carbocycles. The number of benzene rings is 2. The second-order valence-corrected chi connectivity index (χ2v) is 5.55. The molecule has 0 spiro atoms. The fourth-order valence-electron chi connectivity index (χ4n) is 1.93. The number of hydrogen-bond donors (Lipinski definition) is 2. The highest BCUT2D eigenvalue weighted by atomic mass is 35.5. The highest BCUT2D eigenvalue weighted by Crippen LogP contribution is 2.18. The quantitative estimate of drug-likeness (QED) is 0.903. The molecule has 0 heterocycles. The molecule has 0 aliphatic heterocycles. The Morgan fingerprint density at radius 2 is 1.73 bits per heavy atom. The van der Waals surface area contributed by atoms with E-state index in [2.05, 4.69) is 10.6 Å². The number of rotatable bonds is 4. The summed E-state index contributed by atoms with van der Waals surface area (Å²) in [5.74, 6) is -0.490. The van der Waals surface area contributed by atoms with Crippen LogP contribution in [0.3, 0.4) is 0 Å². The van der Waals surface area contributed by atoms with Gasteiger partial charge in [-0.05, 0) is 44.2 Å². The van der Waals surface area contributed by atoms with E-state index in [4.69, 9.17) is 11.6 Å². The van der Waals surface area contributed by atoms with Gasteiger partial charge < -0.3 is 10.6 Å². The maximum Gasteiger partial charge on any atom is 0.257 e. The number of carbonyl (C=O) groups excluding carboxylic acids is 2. The van der Waals surface area contributed by atoms with Gasteiger partial charge in [0.2, 0.25) is 0 Å². The molecule has 114 valence electrons. The largest absolute Gasteiger partial charge is 0.350 e. The maximum absolute atomic E-state index is 12.2. The third kappa shape index (κ3) is 4.09. The van der Waals surface area contributed by atoms with Gasteiger partial charge in [-0.3, -0.25) is 9.59 Å². The van der Waals surface area contributed by atoms with Crippen LogP contribution in [0, 0.1) is 0 Å². The molecule has 0 bridgehead atoms. The van der Waals surface area contributed by atoms with Crippen LogP contribution in [0.2, 0.25) is 5.02 Å². The van der Waals surface area contributed by atoms with Gasteiger partial charge in [-0.1, -0.05) is 29.8 Å². The Hall–Kier alpha value is -2.33. The van der Waals surface area contributed by atoms with Crippen LogP contribution in [0.1, 0.15) is 34.6 Å². The van der Waals surface area contributed by atoms with Crippen molar-refractivity contribution in [3.8, 4) is 0 Å². The average molecular weight is 317 g/mol. The number of anilines is 1. The van der Waals surface area contributed by atoms with E-state index in [0.29, 0.717) is 21.8 Å². The molecule has 4 nitrogen and oxygen atoms in total. The van der Waals surface area contributed by atoms with Gasteiger partial charge in [0.15, 0.2) is 0 Å². The molecule has 0 aliphatic carbocycles. The Balaban J connectivity index is 2.15. The monoisotopic (exact) mass is 316 g/mol. The van der Waals surface area contributed by atoms with Crippen LogP contribution in [0.15, 0.2) is 48.5 Å². The molecular formula is C17H17ClN2O2. The average Bonchev–Trinajstić information content (AvgIpc) is 2.47. The van der Waals surface area contributed by atoms with E-state index in [0.717, 1.165) is 0 Å². The smallest absolute Gasteiger partial charge is 0.257 e. The molecule has 2 rings (SSSR count). The minimum absolute atomic E-state index is 0.0499. The molecule has 2 amide bonds. The number of nitrogens with one attached hydrogen (secondary N) is 2. The zero-order chi connectivity index (χ0) is 16.1. The van der Waals surface area contributed by atoms with Crippen molar-refractivity contribution in [1.29, 1.82) is 0 Å². The van der Waals surface area contributed by atoms with Gasteiger partial charge in [-0.25, -0.2) is 0 Å². The summed E-state index contributed by atoms with van der Waals surface area (Å²) >= 11 is 6.00. The first kappa shape index (κ1) is 16.0. The first-order valence-electron chi connectivity index (χ1n) is 6.94.